The molecule has 500 valence electrons. The number of fused-ring (bicyclic) bond motifs is 4. The van der Waals surface area contributed by atoms with Crippen molar-refractivity contribution in [2.45, 2.75) is 218 Å². The van der Waals surface area contributed by atoms with Gasteiger partial charge in [0.15, 0.2) is 0 Å². The Labute approximate surface area is 567 Å². The van der Waals surface area contributed by atoms with Crippen molar-refractivity contribution in [1.29, 1.82) is 0 Å². The average Bonchev–Trinajstić information content (AvgIpc) is 0.737. The average molecular weight is 1280 g/mol. The van der Waals surface area contributed by atoms with E-state index < -0.39 is 11.6 Å². The first-order valence-electron chi connectivity index (χ1n) is 34.5. The molecule has 0 heterocycles. The highest BCUT2D eigenvalue weighted by Gasteiger charge is 2.34. The maximum atomic E-state index is 16.4. The number of benzene rings is 10. The predicted octanol–water partition coefficient (Wildman–Crippen LogP) is 25.7. The van der Waals surface area contributed by atoms with Crippen LogP contribution >= 0.6 is 0 Å². The van der Waals surface area contributed by atoms with Crippen molar-refractivity contribution >= 4 is 43.1 Å². The third kappa shape index (κ3) is 14.7. The predicted molar refractivity (Wildman–Crippen MR) is 402 cm³/mol. The van der Waals surface area contributed by atoms with Crippen molar-refractivity contribution in [2.75, 3.05) is 13.2 Å². The van der Waals surface area contributed by atoms with Gasteiger partial charge >= 0.3 is 0 Å². The summed E-state index contributed by atoms with van der Waals surface area (Å²) >= 11 is 0. The van der Waals surface area contributed by atoms with Crippen molar-refractivity contribution in [3.63, 3.8) is 0 Å². The van der Waals surface area contributed by atoms with Crippen LogP contribution in [0.1, 0.15) is 216 Å². The van der Waals surface area contributed by atoms with Gasteiger partial charge in [-0.1, -0.05) is 201 Å². The van der Waals surface area contributed by atoms with E-state index in [-0.39, 0.29) is 68.0 Å². The van der Waals surface area contributed by atoms with Crippen LogP contribution in [0.15, 0.2) is 133 Å². The fraction of sp³-hybridized carbons (Fsp3) is 0.416. The van der Waals surface area contributed by atoms with Gasteiger partial charge in [0.25, 0.3) is 0 Å². The fourth-order valence-electron chi connectivity index (χ4n) is 15.0. The zero-order chi connectivity index (χ0) is 69.8. The lowest BCUT2D eigenvalue weighted by Crippen LogP contribution is -2.25. The Morgan fingerprint density at radius 2 is 0.589 bits per heavy atom. The number of rotatable bonds is 14. The minimum absolute atomic E-state index is 0.0455. The van der Waals surface area contributed by atoms with Gasteiger partial charge in [-0.15, -0.1) is 0 Å². The molecule has 0 spiro atoms. The lowest BCUT2D eigenvalue weighted by atomic mass is 9.71. The molecule has 0 saturated carbocycles. The van der Waals surface area contributed by atoms with Gasteiger partial charge in [0.1, 0.15) is 34.6 Å². The fourth-order valence-corrected chi connectivity index (χ4v) is 15.0. The van der Waals surface area contributed by atoms with Crippen molar-refractivity contribution < 1.29 is 28.5 Å². The minimum atomic E-state index is -0.441. The lowest BCUT2D eigenvalue weighted by Gasteiger charge is -2.34. The summed E-state index contributed by atoms with van der Waals surface area (Å²) in [6.45, 7) is 53.4. The number of phenols is 2. The van der Waals surface area contributed by atoms with Crippen molar-refractivity contribution in [3.05, 3.63) is 190 Å². The van der Waals surface area contributed by atoms with E-state index in [4.69, 9.17) is 9.47 Å². The third-order valence-electron chi connectivity index (χ3n) is 19.5. The van der Waals surface area contributed by atoms with Gasteiger partial charge in [-0.25, -0.2) is 8.78 Å². The molecule has 2 N–H and O–H groups in total. The molecule has 0 fully saturated rings. The van der Waals surface area contributed by atoms with E-state index in [1.54, 1.807) is 0 Å². The van der Waals surface area contributed by atoms with Crippen LogP contribution in [0.25, 0.3) is 87.6 Å². The van der Waals surface area contributed by atoms with E-state index in [0.717, 1.165) is 78.2 Å². The van der Waals surface area contributed by atoms with Gasteiger partial charge in [0.05, 0.1) is 13.2 Å². The Bertz CT molecular complexity index is 4190. The monoisotopic (exact) mass is 1280 g/mol. The molecule has 0 saturated heterocycles. The quantitative estimate of drug-likeness (QED) is 0.0841. The molecule has 10 aromatic rings. The van der Waals surface area contributed by atoms with Gasteiger partial charge in [-0.05, 0) is 243 Å². The molecule has 0 unspecified atom stereocenters. The van der Waals surface area contributed by atoms with E-state index >= 15 is 8.78 Å². The summed E-state index contributed by atoms with van der Waals surface area (Å²) in [5, 5.41) is 35.1. The molecule has 0 aliphatic heterocycles. The third-order valence-corrected chi connectivity index (χ3v) is 19.5. The Hall–Kier alpha value is -7.70. The number of ether oxygens (including phenoxy) is 2. The summed E-state index contributed by atoms with van der Waals surface area (Å²) in [7, 11) is 0. The molecule has 0 aliphatic rings. The number of hydrogen-bond donors (Lipinski definition) is 2. The number of halogens is 2. The maximum Gasteiger partial charge on any atom is 0.131 e. The zero-order valence-corrected chi connectivity index (χ0v) is 61.7. The lowest BCUT2D eigenvalue weighted by molar-refractivity contribution is 0.246. The molecule has 6 heteroatoms. The van der Waals surface area contributed by atoms with Crippen LogP contribution in [-0.4, -0.2) is 23.4 Å². The van der Waals surface area contributed by atoms with Crippen LogP contribution in [0.5, 0.6) is 23.0 Å². The van der Waals surface area contributed by atoms with Crippen LogP contribution in [0.2, 0.25) is 0 Å². The first-order valence-corrected chi connectivity index (χ1v) is 34.5. The van der Waals surface area contributed by atoms with E-state index in [2.05, 4.69) is 262 Å². The number of phenolic OH excluding ortho intramolecular Hbond substituents is 2. The molecule has 0 atom stereocenters. The number of aryl methyl sites for hydroxylation is 2. The van der Waals surface area contributed by atoms with E-state index in [9.17, 15) is 10.2 Å². The van der Waals surface area contributed by atoms with Crippen molar-refractivity contribution in [3.8, 4) is 67.5 Å². The zero-order valence-electron chi connectivity index (χ0n) is 61.7. The molecule has 0 aliphatic carbocycles. The smallest absolute Gasteiger partial charge is 0.131 e. The first-order chi connectivity index (χ1) is 43.8. The molecule has 0 aromatic heterocycles. The Kier molecular flexibility index (Phi) is 18.3. The van der Waals surface area contributed by atoms with Gasteiger partial charge in [0.2, 0.25) is 0 Å². The molecule has 95 heavy (non-hydrogen) atoms. The second-order valence-electron chi connectivity index (χ2n) is 35.6. The van der Waals surface area contributed by atoms with Crippen LogP contribution in [0.3, 0.4) is 0 Å². The Balaban J connectivity index is 1.09. The van der Waals surface area contributed by atoms with Crippen molar-refractivity contribution in [1.82, 2.24) is 0 Å². The summed E-state index contributed by atoms with van der Waals surface area (Å²) in [6.07, 6.45) is 2.06. The highest BCUT2D eigenvalue weighted by molar-refractivity contribution is 6.16. The summed E-state index contributed by atoms with van der Waals surface area (Å²) < 4.78 is 46.5. The number of aromatic hydroxyl groups is 2. The highest BCUT2D eigenvalue weighted by Crippen LogP contribution is 2.54. The molecule has 10 rings (SSSR count). The topological polar surface area (TPSA) is 58.9 Å². The molecule has 10 aromatic carbocycles. The second-order valence-corrected chi connectivity index (χ2v) is 35.6. The number of hydrogen-bond acceptors (Lipinski definition) is 4. The molecule has 0 radical (unpaired) electrons. The highest BCUT2D eigenvalue weighted by atomic mass is 19.1. The largest absolute Gasteiger partial charge is 0.507 e. The molecule has 0 bridgehead atoms. The van der Waals surface area contributed by atoms with Gasteiger partial charge in [-0.2, -0.15) is 0 Å². The first kappa shape index (κ1) is 70.1. The summed E-state index contributed by atoms with van der Waals surface area (Å²) in [4.78, 5) is 0. The minimum Gasteiger partial charge on any atom is -0.507 e. The van der Waals surface area contributed by atoms with Crippen molar-refractivity contribution in [2.24, 2.45) is 10.8 Å². The van der Waals surface area contributed by atoms with E-state index in [1.165, 1.54) is 46.5 Å². The standard InChI is InChI=1S/C89H106F2O4/c1-52-36-64(90)48-72(70-44-62(88(21,22)50-82(3,4)5)46-74(78(70)92)76-66-40-58(84(9,10)11)30-26-54(66)38-55-27-31-59(41-67(55)76)85(12,13)14)80(52)94-34-25-35-95-81-53(2)37-65(91)49-73(81)71-45-63(89(23,24)51-83(6,7)8)47-75(79(71)93)77-68-42-60(86(15,16)17)32-28-56(68)39-57-29-33-61(43-69(57)77)87(18,19)20/h26-33,36-49,92-93H,25,34-35,50-51H2,1-24H3. The van der Waals surface area contributed by atoms with Gasteiger partial charge in [0, 0.05) is 50.9 Å². The van der Waals surface area contributed by atoms with Crippen LogP contribution in [0, 0.1) is 36.3 Å². The molecular formula is C89H106F2O4. The Morgan fingerprint density at radius 3 is 0.853 bits per heavy atom. The van der Waals surface area contributed by atoms with Crippen LogP contribution in [0.4, 0.5) is 8.78 Å². The summed E-state index contributed by atoms with van der Waals surface area (Å²) in [6, 6.07) is 45.8. The molecule has 0 amide bonds. The second kappa shape index (κ2) is 24.7. The summed E-state index contributed by atoms with van der Waals surface area (Å²) in [5.41, 5.74) is 11.5. The molecule has 4 nitrogen and oxygen atoms in total. The SMILES string of the molecule is Cc1cc(F)cc(-c2cc(C(C)(C)CC(C)(C)C)cc(-c3c4cc(C(C)(C)C)ccc4cc4ccc(C(C)(C)C)cc34)c2O)c1OCCCOc1c(C)cc(F)cc1-c1cc(C(C)(C)CC(C)(C)C)cc(-c2c3cc(C(C)(C)C)ccc3cc3ccc(C(C)(C)C)cc23)c1O. The maximum absolute atomic E-state index is 16.4. The van der Waals surface area contributed by atoms with Gasteiger partial charge < -0.3 is 19.7 Å². The normalized spacial score (nSPS) is 13.2. The van der Waals surface area contributed by atoms with Crippen LogP contribution in [-0.2, 0) is 32.5 Å². The van der Waals surface area contributed by atoms with E-state index in [0.29, 0.717) is 62.4 Å². The molecular weight excluding hydrogens is 1170 g/mol. The summed E-state index contributed by atoms with van der Waals surface area (Å²) in [5.74, 6) is 0.129. The van der Waals surface area contributed by atoms with Crippen LogP contribution < -0.4 is 9.47 Å². The Morgan fingerprint density at radius 1 is 0.316 bits per heavy atom. The van der Waals surface area contributed by atoms with Gasteiger partial charge in [-0.3, -0.25) is 0 Å². The van der Waals surface area contributed by atoms with E-state index in [1.807, 2.05) is 13.8 Å².